The van der Waals surface area contributed by atoms with Crippen molar-refractivity contribution in [2.24, 2.45) is 22.7 Å². The zero-order valence-electron chi connectivity index (χ0n) is 16.9. The third-order valence-corrected chi connectivity index (χ3v) is 7.60. The minimum Gasteiger partial charge on any atom is -0.466 e. The van der Waals surface area contributed by atoms with E-state index >= 15 is 0 Å². The Morgan fingerprint density at radius 3 is 2.35 bits per heavy atom. The number of rotatable bonds is 2. The number of cyclic esters (lactones) is 1. The Morgan fingerprint density at radius 1 is 1.15 bits per heavy atom. The number of hydrogen-bond donors (Lipinski definition) is 0. The number of ether oxygens (including phenoxy) is 3. The number of methoxy groups -OCH3 is 1. The minimum atomic E-state index is -0.890. The molecule has 2 saturated heterocycles. The molecule has 3 aliphatic rings. The number of carbonyl (C=O) groups is 2. The molecule has 5 heteroatoms. The van der Waals surface area contributed by atoms with E-state index in [-0.39, 0.29) is 23.4 Å². The molecule has 0 radical (unpaired) electrons. The van der Waals surface area contributed by atoms with E-state index < -0.39 is 28.5 Å². The second-order valence-corrected chi connectivity index (χ2v) is 9.51. The molecule has 5 nitrogen and oxygen atoms in total. The number of fused-ring (bicyclic) bond motifs is 3. The lowest BCUT2D eigenvalue weighted by atomic mass is 9.45. The maximum atomic E-state index is 12.7. The van der Waals surface area contributed by atoms with Gasteiger partial charge in [0, 0.05) is 5.41 Å². The van der Waals surface area contributed by atoms with Gasteiger partial charge in [0.15, 0.2) is 0 Å². The molecule has 0 N–H and O–H groups in total. The van der Waals surface area contributed by atoms with Gasteiger partial charge in [0.1, 0.15) is 0 Å². The van der Waals surface area contributed by atoms with Crippen molar-refractivity contribution in [2.75, 3.05) is 7.11 Å². The molecule has 0 aromatic rings. The molecule has 2 aliphatic heterocycles. The van der Waals surface area contributed by atoms with Crippen molar-refractivity contribution in [3.8, 4) is 0 Å². The van der Waals surface area contributed by atoms with Gasteiger partial charge in [-0.05, 0) is 65.2 Å². The molecular formula is C21H32O5. The Kier molecular flexibility index (Phi) is 4.34. The summed E-state index contributed by atoms with van der Waals surface area (Å²) in [6.45, 7) is 14.1. The molecule has 1 saturated carbocycles. The zero-order valence-corrected chi connectivity index (χ0v) is 16.9. The standard InChI is InChI=1S/C21H32O5/c1-8-19(4)11-9-14-20(5,26-19)12-10-13-18(2,3)17(23)25-15(16(22)24-7)21(13,14)6/h8,13-15H,1,9-12H2,2-7H3/t13-,14-,15-,19+,20+,21-/m1/s1. The summed E-state index contributed by atoms with van der Waals surface area (Å²) in [4.78, 5) is 25.2. The first-order valence-corrected chi connectivity index (χ1v) is 9.57. The number of carbonyl (C=O) groups excluding carboxylic acids is 2. The highest BCUT2D eigenvalue weighted by atomic mass is 16.6. The predicted molar refractivity (Wildman–Crippen MR) is 97.3 cm³/mol. The second kappa shape index (κ2) is 5.82. The van der Waals surface area contributed by atoms with Crippen LogP contribution in [0.2, 0.25) is 0 Å². The predicted octanol–water partition coefficient (Wildman–Crippen LogP) is 3.66. The Balaban J connectivity index is 2.09. The summed E-state index contributed by atoms with van der Waals surface area (Å²) in [5, 5.41) is 0. The van der Waals surface area contributed by atoms with E-state index in [9.17, 15) is 9.59 Å². The van der Waals surface area contributed by atoms with Gasteiger partial charge in [0.2, 0.25) is 6.10 Å². The van der Waals surface area contributed by atoms with Crippen LogP contribution in [-0.4, -0.2) is 36.4 Å². The third kappa shape index (κ3) is 2.46. The van der Waals surface area contributed by atoms with E-state index in [0.29, 0.717) is 0 Å². The van der Waals surface area contributed by atoms with Crippen molar-refractivity contribution in [3.63, 3.8) is 0 Å². The van der Waals surface area contributed by atoms with Crippen molar-refractivity contribution in [1.29, 1.82) is 0 Å². The van der Waals surface area contributed by atoms with Crippen LogP contribution in [0.1, 0.15) is 60.3 Å². The summed E-state index contributed by atoms with van der Waals surface area (Å²) in [5.74, 6) is -0.650. The fraction of sp³-hybridized carbons (Fsp3) is 0.810. The van der Waals surface area contributed by atoms with Gasteiger partial charge in [0.05, 0.1) is 23.7 Å². The van der Waals surface area contributed by atoms with Gasteiger partial charge in [-0.3, -0.25) is 4.79 Å². The molecular weight excluding hydrogens is 332 g/mol. The highest BCUT2D eigenvalue weighted by molar-refractivity contribution is 5.85. The van der Waals surface area contributed by atoms with Crippen LogP contribution in [0, 0.1) is 22.7 Å². The molecule has 0 bridgehead atoms. The van der Waals surface area contributed by atoms with Crippen molar-refractivity contribution in [2.45, 2.75) is 77.6 Å². The van der Waals surface area contributed by atoms with Gasteiger partial charge in [-0.15, -0.1) is 6.58 Å². The molecule has 0 aromatic heterocycles. The summed E-state index contributed by atoms with van der Waals surface area (Å²) >= 11 is 0. The normalized spacial score (nSPS) is 47.2. The Hall–Kier alpha value is -1.36. The minimum absolute atomic E-state index is 0.0371. The van der Waals surface area contributed by atoms with Crippen LogP contribution in [0.3, 0.4) is 0 Å². The van der Waals surface area contributed by atoms with E-state index in [0.717, 1.165) is 25.7 Å². The Bertz CT molecular complexity index is 640. The first-order chi connectivity index (χ1) is 11.9. The highest BCUT2D eigenvalue weighted by Gasteiger charge is 2.69. The quantitative estimate of drug-likeness (QED) is 0.553. The van der Waals surface area contributed by atoms with Gasteiger partial charge in [0.25, 0.3) is 0 Å². The van der Waals surface area contributed by atoms with Gasteiger partial charge >= 0.3 is 11.9 Å². The molecule has 3 fully saturated rings. The van der Waals surface area contributed by atoms with E-state index in [2.05, 4.69) is 27.4 Å². The zero-order chi connectivity index (χ0) is 19.5. The largest absolute Gasteiger partial charge is 0.466 e. The Labute approximate surface area is 156 Å². The lowest BCUT2D eigenvalue weighted by Crippen LogP contribution is -2.69. The summed E-state index contributed by atoms with van der Waals surface area (Å²) in [6.07, 6.45) is 4.39. The van der Waals surface area contributed by atoms with Gasteiger partial charge in [-0.25, -0.2) is 4.79 Å². The lowest BCUT2D eigenvalue weighted by Gasteiger charge is -2.65. The summed E-state index contributed by atoms with van der Waals surface area (Å²) in [6, 6.07) is 0. The van der Waals surface area contributed by atoms with Gasteiger partial charge < -0.3 is 14.2 Å². The van der Waals surface area contributed by atoms with Crippen LogP contribution in [0.5, 0.6) is 0 Å². The maximum absolute atomic E-state index is 12.7. The molecule has 0 unspecified atom stereocenters. The summed E-state index contributed by atoms with van der Waals surface area (Å²) < 4.78 is 17.3. The van der Waals surface area contributed by atoms with E-state index in [1.165, 1.54) is 7.11 Å². The van der Waals surface area contributed by atoms with E-state index in [1.54, 1.807) is 0 Å². The summed E-state index contributed by atoms with van der Waals surface area (Å²) in [5.41, 5.74) is -1.92. The lowest BCUT2D eigenvalue weighted by molar-refractivity contribution is -0.281. The van der Waals surface area contributed by atoms with E-state index in [1.807, 2.05) is 19.9 Å². The number of esters is 2. The van der Waals surface area contributed by atoms with Gasteiger partial charge in [-0.2, -0.15) is 0 Å². The molecule has 0 aromatic carbocycles. The van der Waals surface area contributed by atoms with Gasteiger partial charge in [-0.1, -0.05) is 13.0 Å². The molecule has 2 heterocycles. The molecule has 0 spiro atoms. The van der Waals surface area contributed by atoms with Crippen LogP contribution >= 0.6 is 0 Å². The summed E-state index contributed by atoms with van der Waals surface area (Å²) in [7, 11) is 1.35. The van der Waals surface area contributed by atoms with Crippen LogP contribution in [0.25, 0.3) is 0 Å². The van der Waals surface area contributed by atoms with Crippen LogP contribution in [-0.2, 0) is 23.8 Å². The fourth-order valence-electron chi connectivity index (χ4n) is 6.15. The maximum Gasteiger partial charge on any atom is 0.347 e. The fourth-order valence-corrected chi connectivity index (χ4v) is 6.15. The SMILES string of the molecule is C=C[C@@]1(C)CC[C@H]2[C@]3(C)[C@@H](C(=O)OC)OC(=O)C(C)(C)[C@H]3CC[C@]2(C)O1. The molecule has 146 valence electrons. The monoisotopic (exact) mass is 364 g/mol. The first kappa shape index (κ1) is 19.4. The first-order valence-electron chi connectivity index (χ1n) is 9.57. The second-order valence-electron chi connectivity index (χ2n) is 9.51. The van der Waals surface area contributed by atoms with Crippen LogP contribution < -0.4 is 0 Å². The van der Waals surface area contributed by atoms with Crippen LogP contribution in [0.15, 0.2) is 12.7 Å². The molecule has 3 rings (SSSR count). The van der Waals surface area contributed by atoms with Crippen molar-refractivity contribution < 1.29 is 23.8 Å². The van der Waals surface area contributed by atoms with E-state index in [4.69, 9.17) is 14.2 Å². The average Bonchev–Trinajstić information content (AvgIpc) is 2.56. The number of hydrogen-bond acceptors (Lipinski definition) is 5. The van der Waals surface area contributed by atoms with Crippen molar-refractivity contribution in [3.05, 3.63) is 12.7 Å². The average molecular weight is 364 g/mol. The smallest absolute Gasteiger partial charge is 0.347 e. The molecule has 1 aliphatic carbocycles. The molecule has 26 heavy (non-hydrogen) atoms. The van der Waals surface area contributed by atoms with Crippen LogP contribution in [0.4, 0.5) is 0 Å². The molecule has 0 amide bonds. The van der Waals surface area contributed by atoms with Crippen molar-refractivity contribution >= 4 is 11.9 Å². The molecule has 6 atom stereocenters. The highest BCUT2D eigenvalue weighted by Crippen LogP contribution is 2.64. The van der Waals surface area contributed by atoms with Crippen molar-refractivity contribution in [1.82, 2.24) is 0 Å². The topological polar surface area (TPSA) is 61.8 Å². The Morgan fingerprint density at radius 2 is 1.77 bits per heavy atom. The third-order valence-electron chi connectivity index (χ3n) is 7.60.